The maximum Gasteiger partial charge on any atom is 0.295 e. The number of methoxy groups -OCH3 is 2. The zero-order chi connectivity index (χ0) is 23.1. The van der Waals surface area contributed by atoms with E-state index in [-0.39, 0.29) is 24.5 Å². The molecule has 0 radical (unpaired) electrons. The number of benzene rings is 2. The van der Waals surface area contributed by atoms with Gasteiger partial charge in [0.1, 0.15) is 17.3 Å². The summed E-state index contributed by atoms with van der Waals surface area (Å²) in [6, 6.07) is 13.3. The number of ether oxygens (including phenoxy) is 3. The summed E-state index contributed by atoms with van der Waals surface area (Å²) in [5.41, 5.74) is 1.07. The molecule has 170 valence electrons. The predicted molar refractivity (Wildman–Crippen MR) is 121 cm³/mol. The monoisotopic (exact) mass is 439 g/mol. The molecule has 1 unspecified atom stereocenters. The molecule has 1 aliphatic heterocycles. The van der Waals surface area contributed by atoms with E-state index in [4.69, 9.17) is 14.2 Å². The normalized spacial score (nSPS) is 17.6. The van der Waals surface area contributed by atoms with Crippen molar-refractivity contribution in [3.05, 3.63) is 65.2 Å². The lowest BCUT2D eigenvalue weighted by Gasteiger charge is -2.25. The molecular formula is C25H29NO6. The molecule has 0 bridgehead atoms. The van der Waals surface area contributed by atoms with Crippen LogP contribution in [0.25, 0.3) is 5.76 Å². The van der Waals surface area contributed by atoms with E-state index in [0.717, 1.165) is 12.8 Å². The molecule has 1 saturated heterocycles. The molecule has 1 atom stereocenters. The average Bonchev–Trinajstić information content (AvgIpc) is 3.07. The maximum atomic E-state index is 13.0. The van der Waals surface area contributed by atoms with E-state index in [2.05, 4.69) is 6.92 Å². The SMILES string of the molecule is CCCCOc1ccc(C2/C(=C(/O)c3ccccc3OC)C(=O)C(=O)N2CCOC)cc1. The number of ketones is 1. The minimum absolute atomic E-state index is 0.0234. The summed E-state index contributed by atoms with van der Waals surface area (Å²) >= 11 is 0. The maximum absolute atomic E-state index is 13.0. The van der Waals surface area contributed by atoms with E-state index in [0.29, 0.717) is 29.2 Å². The largest absolute Gasteiger partial charge is 0.507 e. The Kier molecular flexibility index (Phi) is 7.89. The first-order valence-electron chi connectivity index (χ1n) is 10.7. The van der Waals surface area contributed by atoms with Crippen LogP contribution in [-0.4, -0.2) is 55.7 Å². The number of aliphatic hydroxyl groups is 1. The van der Waals surface area contributed by atoms with Crippen molar-refractivity contribution in [2.75, 3.05) is 34.0 Å². The van der Waals surface area contributed by atoms with Gasteiger partial charge >= 0.3 is 0 Å². The van der Waals surface area contributed by atoms with Gasteiger partial charge in [-0.15, -0.1) is 0 Å². The number of carbonyl (C=O) groups is 2. The molecule has 7 nitrogen and oxygen atoms in total. The minimum Gasteiger partial charge on any atom is -0.507 e. The van der Waals surface area contributed by atoms with Gasteiger partial charge in [-0.3, -0.25) is 9.59 Å². The van der Waals surface area contributed by atoms with Crippen LogP contribution >= 0.6 is 0 Å². The molecule has 3 rings (SSSR count). The molecule has 0 aliphatic carbocycles. The van der Waals surface area contributed by atoms with Crippen LogP contribution in [0.3, 0.4) is 0 Å². The van der Waals surface area contributed by atoms with Crippen molar-refractivity contribution in [2.45, 2.75) is 25.8 Å². The molecule has 1 N–H and O–H groups in total. The molecule has 32 heavy (non-hydrogen) atoms. The van der Waals surface area contributed by atoms with Crippen molar-refractivity contribution in [3.63, 3.8) is 0 Å². The number of para-hydroxylation sites is 1. The van der Waals surface area contributed by atoms with E-state index >= 15 is 0 Å². The smallest absolute Gasteiger partial charge is 0.295 e. The summed E-state index contributed by atoms with van der Waals surface area (Å²) in [4.78, 5) is 27.3. The number of rotatable bonds is 10. The molecule has 1 amide bonds. The number of hydrogen-bond donors (Lipinski definition) is 1. The molecule has 2 aromatic rings. The highest BCUT2D eigenvalue weighted by molar-refractivity contribution is 6.46. The molecule has 1 fully saturated rings. The first kappa shape index (κ1) is 23.3. The fourth-order valence-electron chi connectivity index (χ4n) is 3.71. The van der Waals surface area contributed by atoms with Crippen molar-refractivity contribution in [1.82, 2.24) is 4.90 Å². The van der Waals surface area contributed by atoms with Gasteiger partial charge in [-0.05, 0) is 36.2 Å². The molecule has 2 aromatic carbocycles. The Bertz CT molecular complexity index is 982. The Labute approximate surface area is 188 Å². The summed E-state index contributed by atoms with van der Waals surface area (Å²) in [6.07, 6.45) is 1.99. The second-order valence-corrected chi connectivity index (χ2v) is 7.46. The van der Waals surface area contributed by atoms with Gasteiger partial charge in [-0.25, -0.2) is 0 Å². The molecular weight excluding hydrogens is 410 g/mol. The van der Waals surface area contributed by atoms with E-state index in [1.807, 2.05) is 24.3 Å². The number of nitrogens with zero attached hydrogens (tertiary/aromatic N) is 1. The number of aliphatic hydroxyl groups excluding tert-OH is 1. The highest BCUT2D eigenvalue weighted by atomic mass is 16.5. The predicted octanol–water partition coefficient (Wildman–Crippen LogP) is 3.94. The molecule has 1 aliphatic rings. The lowest BCUT2D eigenvalue weighted by atomic mass is 9.95. The summed E-state index contributed by atoms with van der Waals surface area (Å²) in [7, 11) is 3.01. The lowest BCUT2D eigenvalue weighted by molar-refractivity contribution is -0.140. The van der Waals surface area contributed by atoms with Gasteiger partial charge in [-0.1, -0.05) is 37.6 Å². The van der Waals surface area contributed by atoms with Crippen LogP contribution in [0.5, 0.6) is 11.5 Å². The van der Waals surface area contributed by atoms with Crippen molar-refractivity contribution in [3.8, 4) is 11.5 Å². The van der Waals surface area contributed by atoms with Crippen LogP contribution in [0.4, 0.5) is 0 Å². The Balaban J connectivity index is 2.06. The van der Waals surface area contributed by atoms with E-state index in [9.17, 15) is 14.7 Å². The zero-order valence-corrected chi connectivity index (χ0v) is 18.7. The Morgan fingerprint density at radius 3 is 2.41 bits per heavy atom. The quantitative estimate of drug-likeness (QED) is 0.261. The van der Waals surface area contributed by atoms with Gasteiger partial charge in [-0.2, -0.15) is 0 Å². The van der Waals surface area contributed by atoms with E-state index in [1.54, 1.807) is 24.3 Å². The summed E-state index contributed by atoms with van der Waals surface area (Å²) in [5, 5.41) is 11.1. The minimum atomic E-state index is -0.750. The molecule has 1 heterocycles. The first-order valence-corrected chi connectivity index (χ1v) is 10.7. The van der Waals surface area contributed by atoms with Gasteiger partial charge in [0.15, 0.2) is 0 Å². The van der Waals surface area contributed by atoms with Gasteiger partial charge in [0, 0.05) is 13.7 Å². The number of carbonyl (C=O) groups excluding carboxylic acids is 2. The van der Waals surface area contributed by atoms with Crippen LogP contribution in [0, 0.1) is 0 Å². The molecule has 0 aromatic heterocycles. The van der Waals surface area contributed by atoms with Crippen LogP contribution < -0.4 is 9.47 Å². The third-order valence-electron chi connectivity index (χ3n) is 5.40. The van der Waals surface area contributed by atoms with Crippen LogP contribution in [0.15, 0.2) is 54.1 Å². The van der Waals surface area contributed by atoms with Crippen molar-refractivity contribution in [2.24, 2.45) is 0 Å². The zero-order valence-electron chi connectivity index (χ0n) is 18.7. The summed E-state index contributed by atoms with van der Waals surface area (Å²) in [5.74, 6) is -0.564. The van der Waals surface area contributed by atoms with Crippen molar-refractivity contribution >= 4 is 17.4 Å². The number of Topliss-reactive ketones (excluding diaryl/α,β-unsaturated/α-hetero) is 1. The number of amides is 1. The molecule has 7 heteroatoms. The number of hydrogen-bond acceptors (Lipinski definition) is 6. The van der Waals surface area contributed by atoms with E-state index < -0.39 is 17.7 Å². The van der Waals surface area contributed by atoms with Gasteiger partial charge in [0.05, 0.1) is 37.5 Å². The Morgan fingerprint density at radius 1 is 1.03 bits per heavy atom. The fraction of sp³-hybridized carbons (Fsp3) is 0.360. The van der Waals surface area contributed by atoms with Gasteiger partial charge in [0.25, 0.3) is 11.7 Å². The van der Waals surface area contributed by atoms with Crippen LogP contribution in [0.2, 0.25) is 0 Å². The third-order valence-corrected chi connectivity index (χ3v) is 5.40. The fourth-order valence-corrected chi connectivity index (χ4v) is 3.71. The second kappa shape index (κ2) is 10.8. The van der Waals surface area contributed by atoms with E-state index in [1.165, 1.54) is 19.1 Å². The standard InChI is InChI=1S/C25H29NO6/c1-4-5-15-32-18-12-10-17(11-13-18)22-21(24(28)25(29)26(22)14-16-30-2)23(27)19-8-6-7-9-20(19)31-3/h6-13,22,27H,4-5,14-16H2,1-3H3/b23-21-. The Morgan fingerprint density at radius 2 is 1.75 bits per heavy atom. The third kappa shape index (κ3) is 4.78. The summed E-state index contributed by atoms with van der Waals surface area (Å²) < 4.78 is 16.2. The lowest BCUT2D eigenvalue weighted by Crippen LogP contribution is -2.32. The first-order chi connectivity index (χ1) is 15.5. The summed E-state index contributed by atoms with van der Waals surface area (Å²) in [6.45, 7) is 3.19. The van der Waals surface area contributed by atoms with Crippen molar-refractivity contribution < 1.29 is 28.9 Å². The molecule has 0 spiro atoms. The van der Waals surface area contributed by atoms with Crippen molar-refractivity contribution in [1.29, 1.82) is 0 Å². The average molecular weight is 440 g/mol. The van der Waals surface area contributed by atoms with Crippen LogP contribution in [-0.2, 0) is 14.3 Å². The highest BCUT2D eigenvalue weighted by Gasteiger charge is 2.46. The Hall–Kier alpha value is -3.32. The number of likely N-dealkylation sites (tertiary alicyclic amines) is 1. The van der Waals surface area contributed by atoms with Gasteiger partial charge in [0.2, 0.25) is 0 Å². The number of unbranched alkanes of at least 4 members (excludes halogenated alkanes) is 1. The topological polar surface area (TPSA) is 85.3 Å². The van der Waals surface area contributed by atoms with Crippen LogP contribution in [0.1, 0.15) is 36.9 Å². The van der Waals surface area contributed by atoms with Gasteiger partial charge < -0.3 is 24.2 Å². The molecule has 0 saturated carbocycles. The highest BCUT2D eigenvalue weighted by Crippen LogP contribution is 2.41. The second-order valence-electron chi connectivity index (χ2n) is 7.46.